The Balaban J connectivity index is 2.77. The largest absolute Gasteiger partial charge is 0.325 e. The van der Waals surface area contributed by atoms with Gasteiger partial charge in [-0.2, -0.15) is 0 Å². The Morgan fingerprint density at radius 1 is 1.43 bits per heavy atom. The van der Waals surface area contributed by atoms with Crippen molar-refractivity contribution < 1.29 is 4.79 Å². The Hall–Kier alpha value is -0.730. The highest BCUT2D eigenvalue weighted by molar-refractivity contribution is 6.62. The highest BCUT2D eigenvalue weighted by Gasteiger charge is 2.10. The normalized spacial score (nSPS) is 9.93. The molecule has 1 rings (SSSR count). The van der Waals surface area contributed by atoms with Crippen LogP contribution in [0.5, 0.6) is 0 Å². The summed E-state index contributed by atoms with van der Waals surface area (Å²) < 4.78 is 0. The molecule has 0 N–H and O–H groups in total. The van der Waals surface area contributed by atoms with Gasteiger partial charge in [0.05, 0.1) is 0 Å². The summed E-state index contributed by atoms with van der Waals surface area (Å²) in [6, 6.07) is 7.41. The van der Waals surface area contributed by atoms with Crippen molar-refractivity contribution in [2.45, 2.75) is 13.5 Å². The molecule has 2 nitrogen and oxygen atoms in total. The third kappa shape index (κ3) is 2.89. The van der Waals surface area contributed by atoms with Crippen LogP contribution < -0.4 is 0 Å². The van der Waals surface area contributed by atoms with Gasteiger partial charge in [-0.05, 0) is 30.2 Å². The van der Waals surface area contributed by atoms with Crippen molar-refractivity contribution >= 4 is 28.6 Å². The minimum Gasteiger partial charge on any atom is -0.325 e. The average molecular weight is 232 g/mol. The molecule has 0 unspecified atom stereocenters. The van der Waals surface area contributed by atoms with Crippen LogP contribution in [0, 0.1) is 0 Å². The highest BCUT2D eigenvalue weighted by Crippen LogP contribution is 2.17. The molecule has 0 heterocycles. The lowest BCUT2D eigenvalue weighted by molar-refractivity contribution is 0.222. The zero-order valence-corrected chi connectivity index (χ0v) is 9.35. The number of halogens is 2. The summed E-state index contributed by atoms with van der Waals surface area (Å²) in [6.45, 7) is 2.91. The van der Waals surface area contributed by atoms with E-state index in [4.69, 9.17) is 23.2 Å². The first-order chi connectivity index (χ1) is 6.65. The second kappa shape index (κ2) is 5.23. The summed E-state index contributed by atoms with van der Waals surface area (Å²) in [5.74, 6) is 0. The van der Waals surface area contributed by atoms with E-state index in [1.807, 2.05) is 25.1 Å². The molecular weight excluding hydrogens is 221 g/mol. The van der Waals surface area contributed by atoms with Gasteiger partial charge in [-0.15, -0.1) is 0 Å². The van der Waals surface area contributed by atoms with E-state index in [0.717, 1.165) is 5.56 Å². The van der Waals surface area contributed by atoms with Crippen LogP contribution in [-0.2, 0) is 6.54 Å². The monoisotopic (exact) mass is 231 g/mol. The molecule has 0 aliphatic rings. The molecule has 0 spiro atoms. The number of nitrogens with zero attached hydrogens (tertiary/aromatic N) is 1. The van der Waals surface area contributed by atoms with E-state index in [-0.39, 0.29) is 0 Å². The second-order valence-electron chi connectivity index (χ2n) is 2.86. The Labute approximate surface area is 93.4 Å². The zero-order valence-electron chi connectivity index (χ0n) is 7.84. The number of rotatable bonds is 3. The maximum Gasteiger partial charge on any atom is 0.316 e. The van der Waals surface area contributed by atoms with E-state index in [2.05, 4.69) is 0 Å². The molecule has 0 saturated heterocycles. The Morgan fingerprint density at radius 3 is 2.57 bits per heavy atom. The van der Waals surface area contributed by atoms with Gasteiger partial charge in [0, 0.05) is 18.1 Å². The van der Waals surface area contributed by atoms with Crippen LogP contribution in [0.1, 0.15) is 12.5 Å². The van der Waals surface area contributed by atoms with Crippen LogP contribution in [0.4, 0.5) is 4.79 Å². The van der Waals surface area contributed by atoms with E-state index < -0.39 is 5.37 Å². The molecule has 76 valence electrons. The highest BCUT2D eigenvalue weighted by atomic mass is 35.5. The summed E-state index contributed by atoms with van der Waals surface area (Å²) in [5.41, 5.74) is 0.907. The fourth-order valence-electron chi connectivity index (χ4n) is 1.13. The summed E-state index contributed by atoms with van der Waals surface area (Å²) in [7, 11) is 0. The van der Waals surface area contributed by atoms with Gasteiger partial charge in [-0.3, -0.25) is 4.79 Å². The van der Waals surface area contributed by atoms with Gasteiger partial charge in [0.15, 0.2) is 0 Å². The minimum atomic E-state index is -0.451. The molecule has 0 aliphatic heterocycles. The lowest BCUT2D eigenvalue weighted by Crippen LogP contribution is -2.25. The molecule has 0 atom stereocenters. The number of hydrogen-bond acceptors (Lipinski definition) is 1. The number of amides is 1. The molecule has 0 aromatic heterocycles. The predicted molar refractivity (Wildman–Crippen MR) is 58.8 cm³/mol. The quantitative estimate of drug-likeness (QED) is 0.576. The number of carbonyl (C=O) groups excluding carboxylic acids is 1. The van der Waals surface area contributed by atoms with E-state index in [1.165, 1.54) is 4.90 Å². The molecule has 0 saturated carbocycles. The predicted octanol–water partition coefficient (Wildman–Crippen LogP) is 3.52. The maximum atomic E-state index is 10.9. The Bertz CT molecular complexity index is 328. The summed E-state index contributed by atoms with van der Waals surface area (Å²) >= 11 is 11.3. The molecule has 0 fully saturated rings. The lowest BCUT2D eigenvalue weighted by atomic mass is 10.2. The third-order valence-corrected chi connectivity index (χ3v) is 2.56. The Morgan fingerprint density at radius 2 is 2.07 bits per heavy atom. The maximum absolute atomic E-state index is 10.9. The first-order valence-electron chi connectivity index (χ1n) is 4.33. The van der Waals surface area contributed by atoms with Gasteiger partial charge in [-0.25, -0.2) is 0 Å². The lowest BCUT2D eigenvalue weighted by Gasteiger charge is -2.17. The van der Waals surface area contributed by atoms with Crippen LogP contribution in [0.15, 0.2) is 24.3 Å². The fraction of sp³-hybridized carbons (Fsp3) is 0.300. The summed E-state index contributed by atoms with van der Waals surface area (Å²) in [6.07, 6.45) is 0. The smallest absolute Gasteiger partial charge is 0.316 e. The SMILES string of the molecule is CCN(Cc1ccccc1Cl)C(=O)Cl. The van der Waals surface area contributed by atoms with Crippen molar-refractivity contribution in [3.8, 4) is 0 Å². The van der Waals surface area contributed by atoms with E-state index in [1.54, 1.807) is 6.07 Å². The molecule has 0 aliphatic carbocycles. The van der Waals surface area contributed by atoms with Crippen molar-refractivity contribution in [3.63, 3.8) is 0 Å². The standard InChI is InChI=1S/C10H11Cl2NO/c1-2-13(10(12)14)7-8-5-3-4-6-9(8)11/h3-6H,2,7H2,1H3. The molecule has 0 bridgehead atoms. The Kier molecular flexibility index (Phi) is 4.23. The van der Waals surface area contributed by atoms with Crippen LogP contribution >= 0.6 is 23.2 Å². The first-order valence-corrected chi connectivity index (χ1v) is 5.08. The molecular formula is C10H11Cl2NO. The van der Waals surface area contributed by atoms with Crippen molar-refractivity contribution in [1.82, 2.24) is 4.90 Å². The van der Waals surface area contributed by atoms with Crippen LogP contribution in [-0.4, -0.2) is 16.8 Å². The fourth-order valence-corrected chi connectivity index (χ4v) is 1.51. The zero-order chi connectivity index (χ0) is 10.6. The van der Waals surface area contributed by atoms with Gasteiger partial charge in [0.1, 0.15) is 0 Å². The number of carbonyl (C=O) groups is 1. The molecule has 14 heavy (non-hydrogen) atoms. The number of benzene rings is 1. The van der Waals surface area contributed by atoms with Gasteiger partial charge in [0.2, 0.25) is 0 Å². The molecule has 0 radical (unpaired) electrons. The minimum absolute atomic E-state index is 0.451. The van der Waals surface area contributed by atoms with E-state index in [0.29, 0.717) is 18.1 Å². The molecule has 1 aromatic carbocycles. The second-order valence-corrected chi connectivity index (χ2v) is 3.59. The van der Waals surface area contributed by atoms with Gasteiger partial charge >= 0.3 is 5.37 Å². The van der Waals surface area contributed by atoms with E-state index >= 15 is 0 Å². The van der Waals surface area contributed by atoms with E-state index in [9.17, 15) is 4.79 Å². The first kappa shape index (κ1) is 11.3. The summed E-state index contributed by atoms with van der Waals surface area (Å²) in [5, 5.41) is 0.205. The average Bonchev–Trinajstić information content (AvgIpc) is 2.16. The summed E-state index contributed by atoms with van der Waals surface area (Å²) in [4.78, 5) is 12.5. The van der Waals surface area contributed by atoms with Crippen LogP contribution in [0.3, 0.4) is 0 Å². The number of hydrogen-bond donors (Lipinski definition) is 0. The third-order valence-electron chi connectivity index (χ3n) is 1.95. The van der Waals surface area contributed by atoms with Gasteiger partial charge in [0.25, 0.3) is 0 Å². The molecule has 4 heteroatoms. The van der Waals surface area contributed by atoms with Crippen molar-refractivity contribution in [2.75, 3.05) is 6.54 Å². The molecule has 1 amide bonds. The van der Waals surface area contributed by atoms with Gasteiger partial charge in [-0.1, -0.05) is 29.8 Å². The topological polar surface area (TPSA) is 20.3 Å². The van der Waals surface area contributed by atoms with Crippen molar-refractivity contribution in [2.24, 2.45) is 0 Å². The van der Waals surface area contributed by atoms with Gasteiger partial charge < -0.3 is 4.90 Å². The molecule has 1 aromatic rings. The van der Waals surface area contributed by atoms with Crippen molar-refractivity contribution in [1.29, 1.82) is 0 Å². The van der Waals surface area contributed by atoms with Crippen LogP contribution in [0.25, 0.3) is 0 Å². The van der Waals surface area contributed by atoms with Crippen LogP contribution in [0.2, 0.25) is 5.02 Å². The van der Waals surface area contributed by atoms with Crippen molar-refractivity contribution in [3.05, 3.63) is 34.9 Å².